The Morgan fingerprint density at radius 1 is 0.939 bits per heavy atom. The van der Waals surface area contributed by atoms with Crippen LogP contribution >= 0.6 is 23.1 Å². The third-order valence-corrected chi connectivity index (χ3v) is 6.55. The van der Waals surface area contributed by atoms with Crippen LogP contribution in [-0.4, -0.2) is 22.4 Å². The van der Waals surface area contributed by atoms with E-state index in [-0.39, 0.29) is 29.7 Å². The number of nitrogens with one attached hydrogen (secondary N) is 1. The first-order valence-electron chi connectivity index (χ1n) is 10.0. The summed E-state index contributed by atoms with van der Waals surface area (Å²) in [7, 11) is 0. The number of halogens is 1. The fraction of sp³-hybridized carbons (Fsp3) is 0.0800. The number of carbonyl (C=O) groups excluding carboxylic acids is 2. The van der Waals surface area contributed by atoms with Gasteiger partial charge in [0.25, 0.3) is 0 Å². The molecule has 0 unspecified atom stereocenters. The summed E-state index contributed by atoms with van der Waals surface area (Å²) < 4.78 is 19.4. The van der Waals surface area contributed by atoms with Crippen LogP contribution < -0.4 is 10.1 Å². The molecule has 0 atom stereocenters. The highest BCUT2D eigenvalue weighted by molar-refractivity contribution is 8.01. The molecule has 1 amide bonds. The van der Waals surface area contributed by atoms with Gasteiger partial charge in [0.15, 0.2) is 10.1 Å². The number of para-hydroxylation sites is 1. The molecule has 0 saturated carbocycles. The summed E-state index contributed by atoms with van der Waals surface area (Å²) >= 11 is 2.68. The van der Waals surface area contributed by atoms with E-state index in [2.05, 4.69) is 10.3 Å². The molecule has 4 aromatic rings. The molecule has 0 aliphatic heterocycles. The minimum atomic E-state index is -0.376. The predicted octanol–water partition coefficient (Wildman–Crippen LogP) is 6.23. The summed E-state index contributed by atoms with van der Waals surface area (Å²) in [6.45, 7) is 0. The summed E-state index contributed by atoms with van der Waals surface area (Å²) in [5.74, 6) is 0.951. The van der Waals surface area contributed by atoms with Gasteiger partial charge < -0.3 is 10.1 Å². The number of amides is 1. The third-order valence-electron chi connectivity index (χ3n) is 4.48. The summed E-state index contributed by atoms with van der Waals surface area (Å²) in [6.07, 6.45) is 0.130. The molecule has 4 rings (SSSR count). The Labute approximate surface area is 198 Å². The fourth-order valence-electron chi connectivity index (χ4n) is 2.88. The topological polar surface area (TPSA) is 68.3 Å². The molecule has 5 nitrogen and oxygen atoms in total. The van der Waals surface area contributed by atoms with Crippen molar-refractivity contribution in [1.29, 1.82) is 0 Å². The lowest BCUT2D eigenvalue weighted by atomic mass is 10.1. The third kappa shape index (κ3) is 6.74. The maximum absolute atomic E-state index is 13.0. The van der Waals surface area contributed by atoms with Gasteiger partial charge in [-0.25, -0.2) is 9.37 Å². The van der Waals surface area contributed by atoms with Gasteiger partial charge in [-0.05, 0) is 60.7 Å². The van der Waals surface area contributed by atoms with E-state index >= 15 is 0 Å². The molecule has 0 radical (unpaired) electrons. The lowest BCUT2D eigenvalue weighted by Crippen LogP contribution is -2.14. The van der Waals surface area contributed by atoms with Crippen molar-refractivity contribution in [3.05, 3.63) is 101 Å². The second-order valence-electron chi connectivity index (χ2n) is 6.99. The van der Waals surface area contributed by atoms with Crippen LogP contribution in [0.1, 0.15) is 16.1 Å². The van der Waals surface area contributed by atoms with E-state index in [1.807, 2.05) is 30.3 Å². The second kappa shape index (κ2) is 10.9. The minimum absolute atomic E-state index is 0.103. The van der Waals surface area contributed by atoms with E-state index < -0.39 is 0 Å². The molecular formula is C25H19FN2O3S2. The molecule has 1 heterocycles. The molecule has 0 spiro atoms. The highest BCUT2D eigenvalue weighted by Crippen LogP contribution is 2.25. The van der Waals surface area contributed by atoms with Gasteiger partial charge in [-0.15, -0.1) is 11.3 Å². The minimum Gasteiger partial charge on any atom is -0.457 e. The van der Waals surface area contributed by atoms with Gasteiger partial charge in [-0.2, -0.15) is 0 Å². The van der Waals surface area contributed by atoms with E-state index in [0.717, 1.165) is 5.75 Å². The molecule has 3 aromatic carbocycles. The van der Waals surface area contributed by atoms with Crippen molar-refractivity contribution in [1.82, 2.24) is 4.98 Å². The van der Waals surface area contributed by atoms with Crippen molar-refractivity contribution in [3.63, 3.8) is 0 Å². The molecule has 0 fully saturated rings. The lowest BCUT2D eigenvalue weighted by Gasteiger charge is -2.07. The summed E-state index contributed by atoms with van der Waals surface area (Å²) in [5.41, 5.74) is 1.76. The quantitative estimate of drug-likeness (QED) is 0.228. The maximum Gasteiger partial charge on any atom is 0.230 e. The number of Topliss-reactive ketones (excluding diaryl/α,β-unsaturated/α-hetero) is 1. The number of nitrogens with zero attached hydrogens (tertiary/aromatic N) is 1. The largest absolute Gasteiger partial charge is 0.457 e. The Morgan fingerprint density at radius 3 is 2.36 bits per heavy atom. The van der Waals surface area contributed by atoms with E-state index in [1.54, 1.807) is 29.6 Å². The first-order valence-corrected chi connectivity index (χ1v) is 11.9. The van der Waals surface area contributed by atoms with Crippen molar-refractivity contribution < 1.29 is 18.7 Å². The smallest absolute Gasteiger partial charge is 0.230 e. The van der Waals surface area contributed by atoms with Gasteiger partial charge in [0.05, 0.1) is 17.9 Å². The Hall–Kier alpha value is -3.49. The number of aromatic nitrogens is 1. The van der Waals surface area contributed by atoms with E-state index in [4.69, 9.17) is 4.74 Å². The first-order chi connectivity index (χ1) is 16.0. The average molecular weight is 479 g/mol. The van der Waals surface area contributed by atoms with Crippen LogP contribution in [0.15, 0.2) is 88.6 Å². The van der Waals surface area contributed by atoms with Crippen LogP contribution in [0.25, 0.3) is 0 Å². The van der Waals surface area contributed by atoms with Crippen molar-refractivity contribution in [2.45, 2.75) is 10.8 Å². The summed E-state index contributed by atoms with van der Waals surface area (Å²) in [6, 6.07) is 22.1. The van der Waals surface area contributed by atoms with Crippen molar-refractivity contribution in [2.75, 3.05) is 11.1 Å². The van der Waals surface area contributed by atoms with Gasteiger partial charge in [-0.3, -0.25) is 9.59 Å². The van der Waals surface area contributed by atoms with Crippen molar-refractivity contribution >= 4 is 40.5 Å². The Balaban J connectivity index is 1.25. The molecule has 1 N–H and O–H groups in total. The normalized spacial score (nSPS) is 10.6. The molecule has 166 valence electrons. The van der Waals surface area contributed by atoms with E-state index in [9.17, 15) is 14.0 Å². The average Bonchev–Trinajstić information content (AvgIpc) is 3.27. The van der Waals surface area contributed by atoms with Crippen molar-refractivity contribution in [3.8, 4) is 11.5 Å². The van der Waals surface area contributed by atoms with Crippen molar-refractivity contribution in [2.24, 2.45) is 0 Å². The molecule has 33 heavy (non-hydrogen) atoms. The number of thioether (sulfide) groups is 1. The Bertz CT molecular complexity index is 1230. The molecule has 0 bridgehead atoms. The summed E-state index contributed by atoms with van der Waals surface area (Å²) in [5, 5.41) is 4.65. The lowest BCUT2D eigenvalue weighted by molar-refractivity contribution is -0.115. The predicted molar refractivity (Wildman–Crippen MR) is 129 cm³/mol. The fourth-order valence-corrected chi connectivity index (χ4v) is 4.62. The maximum atomic E-state index is 13.0. The van der Waals surface area contributed by atoms with Crippen LogP contribution in [0.2, 0.25) is 0 Å². The number of carbonyl (C=O) groups is 2. The molecule has 8 heteroatoms. The standard InChI is InChI=1S/C25H19FN2O3S2/c26-18-8-6-17(7-9-18)23(29)16-33-25-28-20(15-32-25)14-24(30)27-19-10-12-22(13-11-19)31-21-4-2-1-3-5-21/h1-13,15H,14,16H2,(H,27,30). The van der Waals surface area contributed by atoms with Crippen LogP contribution in [0.5, 0.6) is 11.5 Å². The number of benzene rings is 3. The van der Waals surface area contributed by atoms with Gasteiger partial charge in [0.1, 0.15) is 17.3 Å². The zero-order valence-electron chi connectivity index (χ0n) is 17.4. The van der Waals surface area contributed by atoms with Gasteiger partial charge >= 0.3 is 0 Å². The van der Waals surface area contributed by atoms with Crippen LogP contribution in [0.4, 0.5) is 10.1 Å². The SMILES string of the molecule is O=C(Cc1csc(SCC(=O)c2ccc(F)cc2)n1)Nc1ccc(Oc2ccccc2)cc1. The highest BCUT2D eigenvalue weighted by Gasteiger charge is 2.12. The number of ketones is 1. The number of anilines is 1. The number of ether oxygens (including phenoxy) is 1. The van der Waals surface area contributed by atoms with Crippen LogP contribution in [0.3, 0.4) is 0 Å². The van der Waals surface area contributed by atoms with Crippen LogP contribution in [0, 0.1) is 5.82 Å². The first kappa shape index (κ1) is 22.7. The molecule has 0 saturated heterocycles. The molecule has 0 aliphatic rings. The zero-order chi connectivity index (χ0) is 23.0. The van der Waals surface area contributed by atoms with Gasteiger partial charge in [-0.1, -0.05) is 30.0 Å². The van der Waals surface area contributed by atoms with Crippen LogP contribution in [-0.2, 0) is 11.2 Å². The summed E-state index contributed by atoms with van der Waals surface area (Å²) in [4.78, 5) is 29.0. The number of rotatable bonds is 9. The number of hydrogen-bond donors (Lipinski definition) is 1. The van der Waals surface area contributed by atoms with Gasteiger partial charge in [0.2, 0.25) is 5.91 Å². The second-order valence-corrected chi connectivity index (χ2v) is 9.07. The molecule has 1 aromatic heterocycles. The highest BCUT2D eigenvalue weighted by atomic mass is 32.2. The number of thiazole rings is 1. The van der Waals surface area contributed by atoms with E-state index in [1.165, 1.54) is 47.4 Å². The Kier molecular flexibility index (Phi) is 7.49. The molecular weight excluding hydrogens is 459 g/mol. The zero-order valence-corrected chi connectivity index (χ0v) is 19.0. The monoisotopic (exact) mass is 478 g/mol. The number of hydrogen-bond acceptors (Lipinski definition) is 6. The van der Waals surface area contributed by atoms with Gasteiger partial charge in [0, 0.05) is 16.6 Å². The van der Waals surface area contributed by atoms with E-state index in [0.29, 0.717) is 27.0 Å². The Morgan fingerprint density at radius 2 is 1.64 bits per heavy atom. The molecule has 0 aliphatic carbocycles.